The van der Waals surface area contributed by atoms with Crippen LogP contribution in [-0.2, 0) is 29.2 Å². The van der Waals surface area contributed by atoms with Gasteiger partial charge in [0.1, 0.15) is 17.4 Å². The number of fused-ring (bicyclic) bond motifs is 1. The van der Waals surface area contributed by atoms with Crippen molar-refractivity contribution in [1.82, 2.24) is 35.6 Å². The van der Waals surface area contributed by atoms with E-state index in [9.17, 15) is 9.59 Å². The maximum atomic E-state index is 12.9. The van der Waals surface area contributed by atoms with Crippen LogP contribution in [0.5, 0.6) is 5.75 Å². The van der Waals surface area contributed by atoms with Crippen molar-refractivity contribution in [3.05, 3.63) is 101 Å². The predicted octanol–water partition coefficient (Wildman–Crippen LogP) is 4.45. The molecule has 0 saturated carbocycles. The van der Waals surface area contributed by atoms with Gasteiger partial charge in [0.25, 0.3) is 0 Å². The van der Waals surface area contributed by atoms with Crippen molar-refractivity contribution in [3.63, 3.8) is 0 Å². The SMILES string of the molecule is Cc1nc(C)c2c(n1)N(Cc1ccc(-c3ccccc3-c3nnn(C(=O)Oc4ccc(CON(O)O)cc4)n3)cc1)C(=O)CC2. The van der Waals surface area contributed by atoms with Gasteiger partial charge in [0.15, 0.2) is 0 Å². The van der Waals surface area contributed by atoms with Crippen LogP contribution in [0.2, 0.25) is 0 Å². The highest BCUT2D eigenvalue weighted by Crippen LogP contribution is 2.32. The van der Waals surface area contributed by atoms with E-state index in [1.807, 2.05) is 62.4 Å². The Hall–Kier alpha value is -5.41. The molecule has 0 atom stereocenters. The molecule has 1 aliphatic heterocycles. The minimum atomic E-state index is -0.860. The third-order valence-corrected chi connectivity index (χ3v) is 7.28. The maximum Gasteiger partial charge on any atom is 0.459 e. The number of amides is 1. The third-order valence-electron chi connectivity index (χ3n) is 7.28. The van der Waals surface area contributed by atoms with Gasteiger partial charge in [-0.15, -0.1) is 10.2 Å². The number of anilines is 1. The summed E-state index contributed by atoms with van der Waals surface area (Å²) in [6, 6.07) is 21.6. The van der Waals surface area contributed by atoms with E-state index in [-0.39, 0.29) is 29.5 Å². The molecule has 14 nitrogen and oxygen atoms in total. The van der Waals surface area contributed by atoms with Gasteiger partial charge in [-0.2, -0.15) is 0 Å². The summed E-state index contributed by atoms with van der Waals surface area (Å²) in [5, 5.41) is 29.1. The lowest BCUT2D eigenvalue weighted by Crippen LogP contribution is -2.36. The molecule has 5 aromatic rings. The fraction of sp³-hybridized carbons (Fsp3) is 0.194. The average Bonchev–Trinajstić information content (AvgIpc) is 3.53. The van der Waals surface area contributed by atoms with Gasteiger partial charge in [-0.3, -0.25) is 20.1 Å². The molecule has 2 N–H and O–H groups in total. The molecule has 228 valence electrons. The number of aromatic nitrogens is 6. The summed E-state index contributed by atoms with van der Waals surface area (Å²) in [5.41, 5.74) is 5.86. The number of hydrogen-bond donors (Lipinski definition) is 2. The zero-order valence-electron chi connectivity index (χ0n) is 24.4. The van der Waals surface area contributed by atoms with Gasteiger partial charge < -0.3 is 4.74 Å². The molecular weight excluding hydrogens is 580 g/mol. The molecule has 3 heterocycles. The Morgan fingerprint density at radius 1 is 0.911 bits per heavy atom. The van der Waals surface area contributed by atoms with Crippen LogP contribution >= 0.6 is 0 Å². The number of carbonyl (C=O) groups excluding carboxylic acids is 2. The standard InChI is InChI=1S/C31H28N8O6/c1-19-25-15-16-28(40)37(30(25)33-20(2)32-19)17-21-7-11-23(12-8-21)26-5-3-4-6-27(26)29-34-36-38(35-29)31(41)45-24-13-9-22(10-14-24)18-44-39(42)43/h3-14,42-43H,15-18H2,1-2H3. The van der Waals surface area contributed by atoms with Crippen LogP contribution in [-0.4, -0.2) is 58.0 Å². The van der Waals surface area contributed by atoms with Crippen molar-refractivity contribution in [2.45, 2.75) is 39.8 Å². The monoisotopic (exact) mass is 608 g/mol. The topological polar surface area (TPSA) is 169 Å². The number of hydrogen-bond acceptors (Lipinski definition) is 12. The molecule has 0 radical (unpaired) electrons. The van der Waals surface area contributed by atoms with Gasteiger partial charge in [-0.05, 0) is 59.9 Å². The third kappa shape index (κ3) is 6.58. The number of benzene rings is 3. The lowest BCUT2D eigenvalue weighted by atomic mass is 9.98. The summed E-state index contributed by atoms with van der Waals surface area (Å²) in [6.45, 7) is 4.07. The smallest absolute Gasteiger partial charge is 0.408 e. The summed E-state index contributed by atoms with van der Waals surface area (Å²) in [4.78, 5) is 41.7. The zero-order valence-corrected chi connectivity index (χ0v) is 24.4. The van der Waals surface area contributed by atoms with E-state index >= 15 is 0 Å². The number of nitrogens with zero attached hydrogens (tertiary/aromatic N) is 8. The number of rotatable bonds is 8. The number of tetrazole rings is 1. The average molecular weight is 609 g/mol. The first-order chi connectivity index (χ1) is 21.7. The van der Waals surface area contributed by atoms with Gasteiger partial charge in [-0.25, -0.2) is 19.6 Å². The fourth-order valence-electron chi connectivity index (χ4n) is 5.11. The van der Waals surface area contributed by atoms with Crippen LogP contribution in [0.15, 0.2) is 72.8 Å². The van der Waals surface area contributed by atoms with E-state index in [0.29, 0.717) is 42.2 Å². The minimum Gasteiger partial charge on any atom is -0.408 e. The van der Waals surface area contributed by atoms with Gasteiger partial charge in [-0.1, -0.05) is 65.5 Å². The highest BCUT2D eigenvalue weighted by atomic mass is 17.1. The second kappa shape index (κ2) is 12.7. The molecule has 2 aromatic heterocycles. The van der Waals surface area contributed by atoms with Gasteiger partial charge >= 0.3 is 6.09 Å². The number of aryl methyl sites for hydroxylation is 2. The van der Waals surface area contributed by atoms with Gasteiger partial charge in [0, 0.05) is 23.2 Å². The van der Waals surface area contributed by atoms with Crippen LogP contribution in [0.4, 0.5) is 10.6 Å². The van der Waals surface area contributed by atoms with Crippen molar-refractivity contribution in [1.29, 1.82) is 0 Å². The van der Waals surface area contributed by atoms with E-state index in [0.717, 1.165) is 32.7 Å². The quantitative estimate of drug-likeness (QED) is 0.238. The molecule has 0 unspecified atom stereocenters. The molecule has 1 aliphatic rings. The zero-order chi connectivity index (χ0) is 31.5. The Kier molecular flexibility index (Phi) is 8.35. The molecule has 3 aromatic carbocycles. The van der Waals surface area contributed by atoms with Crippen molar-refractivity contribution < 1.29 is 29.6 Å². The number of ether oxygens (including phenoxy) is 1. The van der Waals surface area contributed by atoms with Gasteiger partial charge in [0.05, 0.1) is 18.5 Å². The largest absolute Gasteiger partial charge is 0.459 e. The first kappa shape index (κ1) is 29.7. The summed E-state index contributed by atoms with van der Waals surface area (Å²) in [5.74, 6) is 1.81. The Labute approximate surface area is 257 Å². The van der Waals surface area contributed by atoms with Crippen LogP contribution in [0.3, 0.4) is 0 Å². The molecule has 6 rings (SSSR count). The molecule has 0 aliphatic carbocycles. The van der Waals surface area contributed by atoms with Crippen LogP contribution in [0.1, 0.15) is 34.6 Å². The summed E-state index contributed by atoms with van der Waals surface area (Å²) in [7, 11) is 0. The Morgan fingerprint density at radius 2 is 1.62 bits per heavy atom. The first-order valence-electron chi connectivity index (χ1n) is 14.0. The molecular formula is C31H28N8O6. The van der Waals surface area contributed by atoms with Crippen molar-refractivity contribution in [2.24, 2.45) is 0 Å². The Morgan fingerprint density at radius 3 is 2.36 bits per heavy atom. The van der Waals surface area contributed by atoms with E-state index in [4.69, 9.17) is 15.2 Å². The molecule has 0 fully saturated rings. The molecule has 0 spiro atoms. The predicted molar refractivity (Wildman–Crippen MR) is 158 cm³/mol. The summed E-state index contributed by atoms with van der Waals surface area (Å²) in [6.07, 6.45) is 0.203. The fourth-order valence-corrected chi connectivity index (χ4v) is 5.11. The second-order valence-corrected chi connectivity index (χ2v) is 10.3. The van der Waals surface area contributed by atoms with Gasteiger partial charge in [0.2, 0.25) is 11.7 Å². The Bertz CT molecular complexity index is 1860. The van der Waals surface area contributed by atoms with Crippen molar-refractivity contribution in [3.8, 4) is 28.3 Å². The lowest BCUT2D eigenvalue weighted by Gasteiger charge is -2.29. The molecule has 1 amide bonds. The highest BCUT2D eigenvalue weighted by molar-refractivity contribution is 5.95. The molecule has 0 bridgehead atoms. The summed E-state index contributed by atoms with van der Waals surface area (Å²) >= 11 is 0. The second-order valence-electron chi connectivity index (χ2n) is 10.3. The van der Waals surface area contributed by atoms with Crippen molar-refractivity contribution >= 4 is 17.8 Å². The van der Waals surface area contributed by atoms with Crippen molar-refractivity contribution in [2.75, 3.05) is 4.90 Å². The summed E-state index contributed by atoms with van der Waals surface area (Å²) < 4.78 is 5.34. The minimum absolute atomic E-state index is 0.0332. The van der Waals surface area contributed by atoms with Crippen LogP contribution < -0.4 is 9.64 Å². The molecule has 0 saturated heterocycles. The van der Waals surface area contributed by atoms with Crippen LogP contribution in [0.25, 0.3) is 22.5 Å². The lowest BCUT2D eigenvalue weighted by molar-refractivity contribution is -0.497. The van der Waals surface area contributed by atoms with E-state index in [1.54, 1.807) is 17.0 Å². The maximum absolute atomic E-state index is 12.9. The highest BCUT2D eigenvalue weighted by Gasteiger charge is 2.28. The molecule has 45 heavy (non-hydrogen) atoms. The number of carbonyl (C=O) groups is 2. The Balaban J connectivity index is 1.17. The van der Waals surface area contributed by atoms with E-state index < -0.39 is 6.09 Å². The normalized spacial score (nSPS) is 12.8. The van der Waals surface area contributed by atoms with E-state index in [2.05, 4.69) is 30.2 Å². The molecule has 14 heteroatoms. The van der Waals surface area contributed by atoms with Crippen LogP contribution in [0, 0.1) is 13.8 Å². The first-order valence-corrected chi connectivity index (χ1v) is 14.0. The van der Waals surface area contributed by atoms with E-state index in [1.165, 1.54) is 12.1 Å².